The largest absolute Gasteiger partial charge is 0.348 e. The molecule has 0 heterocycles. The molecule has 2 aromatic rings. The first-order chi connectivity index (χ1) is 12.5. The third-order valence-electron chi connectivity index (χ3n) is 4.18. The number of nitrogens with one attached hydrogen (secondary N) is 1. The zero-order valence-electron chi connectivity index (χ0n) is 15.5. The summed E-state index contributed by atoms with van der Waals surface area (Å²) < 4.78 is 51.9. The molecule has 0 aromatic heterocycles. The number of aryl methyl sites for hydroxylation is 1. The Bertz CT molecular complexity index is 930. The minimum absolute atomic E-state index is 0.123. The van der Waals surface area contributed by atoms with Gasteiger partial charge in [0.2, 0.25) is 15.9 Å². The van der Waals surface area contributed by atoms with Crippen LogP contribution in [0.4, 0.5) is 14.5 Å². The van der Waals surface area contributed by atoms with Gasteiger partial charge < -0.3 is 5.32 Å². The quantitative estimate of drug-likeness (QED) is 0.815. The summed E-state index contributed by atoms with van der Waals surface area (Å²) in [4.78, 5) is 12.6. The molecule has 0 aliphatic carbocycles. The van der Waals surface area contributed by atoms with Crippen molar-refractivity contribution in [3.05, 3.63) is 65.2 Å². The molecule has 0 fully saturated rings. The summed E-state index contributed by atoms with van der Waals surface area (Å²) in [5, 5.41) is 2.75. The van der Waals surface area contributed by atoms with Crippen LogP contribution in [0.3, 0.4) is 0 Å². The van der Waals surface area contributed by atoms with Gasteiger partial charge in [0.25, 0.3) is 0 Å². The Morgan fingerprint density at radius 2 is 1.63 bits per heavy atom. The molecule has 1 N–H and O–H groups in total. The fourth-order valence-corrected chi connectivity index (χ4v) is 3.87. The topological polar surface area (TPSA) is 66.5 Å². The van der Waals surface area contributed by atoms with Crippen molar-refractivity contribution < 1.29 is 22.0 Å². The van der Waals surface area contributed by atoms with Crippen LogP contribution < -0.4 is 9.62 Å². The van der Waals surface area contributed by atoms with Crippen LogP contribution in [-0.2, 0) is 14.8 Å². The number of hydrogen-bond acceptors (Lipinski definition) is 3. The highest BCUT2D eigenvalue weighted by molar-refractivity contribution is 7.92. The maximum absolute atomic E-state index is 13.6. The number of sulfonamides is 1. The number of carbonyl (C=O) groups is 1. The number of anilines is 1. The number of nitrogens with zero attached hydrogens (tertiary/aromatic N) is 1. The Labute approximate surface area is 158 Å². The molecule has 0 aliphatic heterocycles. The predicted molar refractivity (Wildman–Crippen MR) is 101 cm³/mol. The minimum Gasteiger partial charge on any atom is -0.348 e. The molecule has 0 bridgehead atoms. The second-order valence-corrected chi connectivity index (χ2v) is 8.33. The molecule has 2 aromatic carbocycles. The van der Waals surface area contributed by atoms with E-state index in [9.17, 15) is 22.0 Å². The Kier molecular flexibility index (Phi) is 6.20. The summed E-state index contributed by atoms with van der Waals surface area (Å²) in [5.74, 6) is -2.85. The van der Waals surface area contributed by atoms with Gasteiger partial charge in [0.15, 0.2) is 11.6 Å². The van der Waals surface area contributed by atoms with Crippen LogP contribution in [0.5, 0.6) is 0 Å². The lowest BCUT2D eigenvalue weighted by atomic mass is 10.1. The van der Waals surface area contributed by atoms with Crippen molar-refractivity contribution in [3.63, 3.8) is 0 Å². The Hall–Kier alpha value is -2.48. The highest BCUT2D eigenvalue weighted by Crippen LogP contribution is 2.23. The summed E-state index contributed by atoms with van der Waals surface area (Å²) in [5.41, 5.74) is 1.81. The Morgan fingerprint density at radius 3 is 2.15 bits per heavy atom. The normalized spacial score (nSPS) is 13.7. The van der Waals surface area contributed by atoms with Gasteiger partial charge in [0, 0.05) is 6.07 Å². The molecule has 0 aliphatic rings. The summed E-state index contributed by atoms with van der Waals surface area (Å²) in [6, 6.07) is 8.74. The van der Waals surface area contributed by atoms with E-state index in [-0.39, 0.29) is 11.7 Å². The van der Waals surface area contributed by atoms with Crippen molar-refractivity contribution in [3.8, 4) is 0 Å². The predicted octanol–water partition coefficient (Wildman–Crippen LogP) is 3.31. The van der Waals surface area contributed by atoms with Gasteiger partial charge in [-0.3, -0.25) is 9.10 Å². The van der Waals surface area contributed by atoms with Crippen molar-refractivity contribution >= 4 is 21.6 Å². The second kappa shape index (κ2) is 8.04. The Balaban J connectivity index is 2.26. The van der Waals surface area contributed by atoms with E-state index in [1.807, 2.05) is 31.2 Å². The van der Waals surface area contributed by atoms with Gasteiger partial charge in [-0.1, -0.05) is 29.8 Å². The van der Waals surface area contributed by atoms with Gasteiger partial charge in [-0.15, -0.1) is 0 Å². The lowest BCUT2D eigenvalue weighted by molar-refractivity contribution is -0.122. The average Bonchev–Trinajstić information content (AvgIpc) is 2.57. The lowest BCUT2D eigenvalue weighted by Crippen LogP contribution is -2.48. The molecule has 5 nitrogen and oxygen atoms in total. The molecule has 0 radical (unpaired) electrons. The lowest BCUT2D eigenvalue weighted by Gasteiger charge is -2.29. The van der Waals surface area contributed by atoms with E-state index in [1.165, 1.54) is 6.92 Å². The van der Waals surface area contributed by atoms with Crippen LogP contribution in [0.25, 0.3) is 0 Å². The second-order valence-electron chi connectivity index (χ2n) is 6.47. The first-order valence-corrected chi connectivity index (χ1v) is 10.2. The third kappa shape index (κ3) is 5.03. The molecule has 0 saturated heterocycles. The number of benzene rings is 2. The molecule has 27 heavy (non-hydrogen) atoms. The van der Waals surface area contributed by atoms with Crippen LogP contribution in [0.1, 0.15) is 31.0 Å². The highest BCUT2D eigenvalue weighted by Gasteiger charge is 2.30. The van der Waals surface area contributed by atoms with Crippen LogP contribution in [0.15, 0.2) is 42.5 Å². The van der Waals surface area contributed by atoms with E-state index in [2.05, 4.69) is 5.32 Å². The summed E-state index contributed by atoms with van der Waals surface area (Å²) >= 11 is 0. The zero-order valence-corrected chi connectivity index (χ0v) is 16.3. The number of carbonyl (C=O) groups excluding carboxylic acids is 1. The van der Waals surface area contributed by atoms with Crippen LogP contribution in [0.2, 0.25) is 0 Å². The first-order valence-electron chi connectivity index (χ1n) is 8.32. The molecular formula is C19H22F2N2O3S. The van der Waals surface area contributed by atoms with Gasteiger partial charge in [-0.05, 0) is 38.5 Å². The molecule has 1 amide bonds. The fraction of sp³-hybridized carbons (Fsp3) is 0.316. The third-order valence-corrected chi connectivity index (χ3v) is 5.42. The highest BCUT2D eigenvalue weighted by atomic mass is 32.2. The van der Waals surface area contributed by atoms with E-state index in [0.29, 0.717) is 0 Å². The summed E-state index contributed by atoms with van der Waals surface area (Å²) in [6.45, 7) is 5.11. The van der Waals surface area contributed by atoms with E-state index < -0.39 is 33.6 Å². The molecule has 0 unspecified atom stereocenters. The van der Waals surface area contributed by atoms with E-state index >= 15 is 0 Å². The monoisotopic (exact) mass is 396 g/mol. The average molecular weight is 396 g/mol. The van der Waals surface area contributed by atoms with E-state index in [0.717, 1.165) is 39.9 Å². The number of hydrogen-bond donors (Lipinski definition) is 1. The van der Waals surface area contributed by atoms with Gasteiger partial charge in [-0.2, -0.15) is 0 Å². The minimum atomic E-state index is -3.91. The SMILES string of the molecule is Cc1ccc([C@@H](C)NC(=O)[C@H](C)N(c2ccc(F)c(F)c2)S(C)(=O)=O)cc1. The fourth-order valence-electron chi connectivity index (χ4n) is 2.70. The van der Waals surface area contributed by atoms with Crippen LogP contribution in [0, 0.1) is 18.6 Å². The molecule has 2 atom stereocenters. The first kappa shape index (κ1) is 20.8. The molecule has 0 saturated carbocycles. The van der Waals surface area contributed by atoms with Gasteiger partial charge >= 0.3 is 0 Å². The van der Waals surface area contributed by atoms with Crippen LogP contribution in [-0.4, -0.2) is 26.6 Å². The maximum Gasteiger partial charge on any atom is 0.244 e. The van der Waals surface area contributed by atoms with E-state index in [4.69, 9.17) is 0 Å². The molecule has 0 spiro atoms. The molecular weight excluding hydrogens is 374 g/mol. The van der Waals surface area contributed by atoms with Gasteiger partial charge in [-0.25, -0.2) is 17.2 Å². The van der Waals surface area contributed by atoms with Gasteiger partial charge in [0.05, 0.1) is 18.0 Å². The van der Waals surface area contributed by atoms with Crippen molar-refractivity contribution in [2.75, 3.05) is 10.6 Å². The van der Waals surface area contributed by atoms with Gasteiger partial charge in [0.1, 0.15) is 6.04 Å². The number of rotatable bonds is 6. The van der Waals surface area contributed by atoms with Crippen molar-refractivity contribution in [1.29, 1.82) is 0 Å². The number of halogens is 2. The summed E-state index contributed by atoms with van der Waals surface area (Å²) in [7, 11) is -3.91. The zero-order chi connectivity index (χ0) is 20.4. The Morgan fingerprint density at radius 1 is 1.04 bits per heavy atom. The van der Waals surface area contributed by atoms with Crippen molar-refractivity contribution in [2.45, 2.75) is 32.9 Å². The van der Waals surface area contributed by atoms with Crippen LogP contribution >= 0.6 is 0 Å². The van der Waals surface area contributed by atoms with Crippen molar-refractivity contribution in [1.82, 2.24) is 5.32 Å². The molecule has 146 valence electrons. The van der Waals surface area contributed by atoms with Crippen molar-refractivity contribution in [2.24, 2.45) is 0 Å². The van der Waals surface area contributed by atoms with E-state index in [1.54, 1.807) is 6.92 Å². The maximum atomic E-state index is 13.6. The molecule has 2 rings (SSSR count). The standard InChI is InChI=1S/C19H22F2N2O3S/c1-12-5-7-15(8-6-12)13(2)22-19(24)14(3)23(27(4,25)26)16-9-10-17(20)18(21)11-16/h5-11,13-14H,1-4H3,(H,22,24)/t13-,14+/m1/s1. The smallest absolute Gasteiger partial charge is 0.244 e. The summed E-state index contributed by atoms with van der Waals surface area (Å²) in [6.07, 6.45) is 0.904. The number of amides is 1. The molecule has 8 heteroatoms.